The smallest absolute Gasteiger partial charge is 0.268 e. The third kappa shape index (κ3) is 2.38. The Morgan fingerprint density at radius 1 is 1.31 bits per heavy atom. The van der Waals surface area contributed by atoms with Gasteiger partial charge in [-0.1, -0.05) is 22.0 Å². The Bertz CT molecular complexity index is 304. The van der Waals surface area contributed by atoms with E-state index in [1.807, 2.05) is 0 Å². The molecular weight excluding hydrogens is 246 g/mol. The lowest BCUT2D eigenvalue weighted by molar-refractivity contribution is -0.00698. The molecule has 0 aliphatic rings. The Morgan fingerprint density at radius 2 is 1.92 bits per heavy atom. The lowest BCUT2D eigenvalue weighted by Gasteiger charge is -2.11. The Hall–Kier alpha value is -0.680. The molecule has 0 saturated heterocycles. The molecule has 0 saturated carbocycles. The summed E-state index contributed by atoms with van der Waals surface area (Å²) in [7, 11) is 0. The van der Waals surface area contributed by atoms with Gasteiger partial charge in [-0.05, 0) is 12.1 Å². The van der Waals surface area contributed by atoms with Crippen LogP contribution in [0.5, 0.6) is 5.75 Å². The molecule has 0 heterocycles. The van der Waals surface area contributed by atoms with Gasteiger partial charge in [0.1, 0.15) is 11.9 Å². The van der Waals surface area contributed by atoms with E-state index in [1.165, 1.54) is 18.2 Å². The van der Waals surface area contributed by atoms with Crippen molar-refractivity contribution in [3.63, 3.8) is 0 Å². The van der Waals surface area contributed by atoms with Gasteiger partial charge in [0.2, 0.25) is 0 Å². The molecule has 2 nitrogen and oxygen atoms in total. The topological polar surface area (TPSA) is 40.5 Å². The van der Waals surface area contributed by atoms with Crippen molar-refractivity contribution in [2.75, 3.05) is 0 Å². The van der Waals surface area contributed by atoms with Crippen LogP contribution in [0.2, 0.25) is 0 Å². The Balaban J connectivity index is 3.01. The fourth-order valence-corrected chi connectivity index (χ4v) is 1.25. The van der Waals surface area contributed by atoms with Crippen LogP contribution in [0.4, 0.5) is 8.78 Å². The molecule has 1 unspecified atom stereocenters. The number of aromatic hydroxyl groups is 1. The number of phenolic OH excluding ortho intramolecular Hbond substituents is 1. The average Bonchev–Trinajstić information content (AvgIpc) is 2.03. The molecule has 1 rings (SSSR count). The van der Waals surface area contributed by atoms with Crippen molar-refractivity contribution in [1.29, 1.82) is 0 Å². The molecule has 0 fully saturated rings. The molecule has 1 aromatic rings. The monoisotopic (exact) mass is 252 g/mol. The van der Waals surface area contributed by atoms with E-state index in [2.05, 4.69) is 15.9 Å². The van der Waals surface area contributed by atoms with E-state index in [0.717, 1.165) is 0 Å². The van der Waals surface area contributed by atoms with Gasteiger partial charge < -0.3 is 10.2 Å². The lowest BCUT2D eigenvalue weighted by atomic mass is 10.1. The number of benzene rings is 1. The number of hydrogen-bond acceptors (Lipinski definition) is 2. The van der Waals surface area contributed by atoms with E-state index in [-0.39, 0.29) is 11.3 Å². The van der Waals surface area contributed by atoms with Crippen molar-refractivity contribution in [3.05, 3.63) is 28.2 Å². The van der Waals surface area contributed by atoms with E-state index >= 15 is 0 Å². The van der Waals surface area contributed by atoms with Crippen LogP contribution < -0.4 is 0 Å². The summed E-state index contributed by atoms with van der Waals surface area (Å²) in [6, 6.07) is 3.97. The molecule has 0 aliphatic carbocycles. The standard InChI is InChI=1S/C8H7BrF2O2/c9-4-1-2-5(6(12)3-4)7(13)8(10)11/h1-3,7-8,12-13H. The van der Waals surface area contributed by atoms with Crippen LogP contribution in [0.25, 0.3) is 0 Å². The first-order chi connectivity index (χ1) is 6.02. The fourth-order valence-electron chi connectivity index (χ4n) is 0.903. The molecule has 1 aromatic carbocycles. The number of halogens is 3. The molecular formula is C8H7BrF2O2. The minimum atomic E-state index is -2.90. The lowest BCUT2D eigenvalue weighted by Crippen LogP contribution is -2.07. The van der Waals surface area contributed by atoms with Crippen molar-refractivity contribution in [3.8, 4) is 5.75 Å². The average molecular weight is 253 g/mol. The van der Waals surface area contributed by atoms with Crippen molar-refractivity contribution in [2.24, 2.45) is 0 Å². The Labute approximate surface area is 81.9 Å². The van der Waals surface area contributed by atoms with Gasteiger partial charge in [-0.3, -0.25) is 0 Å². The summed E-state index contributed by atoms with van der Waals surface area (Å²) in [5.41, 5.74) is -0.168. The third-order valence-corrected chi connectivity index (χ3v) is 2.04. The van der Waals surface area contributed by atoms with Gasteiger partial charge in [0, 0.05) is 10.0 Å². The SMILES string of the molecule is Oc1cc(Br)ccc1C(O)C(F)F. The molecule has 0 spiro atoms. The highest BCUT2D eigenvalue weighted by molar-refractivity contribution is 9.10. The summed E-state index contributed by atoms with van der Waals surface area (Å²) >= 11 is 3.05. The van der Waals surface area contributed by atoms with Crippen LogP contribution in [0, 0.1) is 0 Å². The zero-order valence-corrected chi connectivity index (χ0v) is 8.00. The molecule has 1 atom stereocenters. The Morgan fingerprint density at radius 3 is 2.38 bits per heavy atom. The van der Waals surface area contributed by atoms with Gasteiger partial charge in [-0.15, -0.1) is 0 Å². The Kier molecular flexibility index (Phi) is 3.22. The van der Waals surface area contributed by atoms with Gasteiger partial charge in [0.15, 0.2) is 0 Å². The van der Waals surface area contributed by atoms with Crippen LogP contribution in [0.1, 0.15) is 11.7 Å². The molecule has 13 heavy (non-hydrogen) atoms. The maximum atomic E-state index is 12.0. The molecule has 2 N–H and O–H groups in total. The van der Waals surface area contributed by atoms with Crippen LogP contribution >= 0.6 is 15.9 Å². The van der Waals surface area contributed by atoms with E-state index in [1.54, 1.807) is 0 Å². The molecule has 0 bridgehead atoms. The molecule has 0 radical (unpaired) electrons. The van der Waals surface area contributed by atoms with Gasteiger partial charge in [-0.25, -0.2) is 8.78 Å². The van der Waals surface area contributed by atoms with Crippen LogP contribution in [-0.2, 0) is 0 Å². The predicted octanol–water partition coefficient (Wildman–Crippen LogP) is 2.45. The van der Waals surface area contributed by atoms with Gasteiger partial charge in [0.05, 0.1) is 0 Å². The summed E-state index contributed by atoms with van der Waals surface area (Å²) in [6.45, 7) is 0. The second-order valence-corrected chi connectivity index (χ2v) is 3.40. The molecule has 5 heteroatoms. The van der Waals surface area contributed by atoms with Crippen molar-refractivity contribution >= 4 is 15.9 Å². The molecule has 0 aromatic heterocycles. The minimum absolute atomic E-state index is 0.168. The number of rotatable bonds is 2. The maximum absolute atomic E-state index is 12.0. The van der Waals surface area contributed by atoms with Gasteiger partial charge >= 0.3 is 0 Å². The normalized spacial score (nSPS) is 13.3. The van der Waals surface area contributed by atoms with Crippen molar-refractivity contribution in [1.82, 2.24) is 0 Å². The van der Waals surface area contributed by atoms with Gasteiger partial charge in [0.25, 0.3) is 6.43 Å². The summed E-state index contributed by atoms with van der Waals surface area (Å²) in [5.74, 6) is -0.345. The first kappa shape index (κ1) is 10.4. The highest BCUT2D eigenvalue weighted by Gasteiger charge is 2.21. The van der Waals surface area contributed by atoms with Crippen molar-refractivity contribution in [2.45, 2.75) is 12.5 Å². The largest absolute Gasteiger partial charge is 0.508 e. The summed E-state index contributed by atoms with van der Waals surface area (Å²) in [5, 5.41) is 18.1. The van der Waals surface area contributed by atoms with E-state index in [0.29, 0.717) is 4.47 Å². The van der Waals surface area contributed by atoms with E-state index in [4.69, 9.17) is 5.11 Å². The van der Waals surface area contributed by atoms with E-state index < -0.39 is 12.5 Å². The zero-order chi connectivity index (χ0) is 10.0. The van der Waals surface area contributed by atoms with Crippen LogP contribution in [0.3, 0.4) is 0 Å². The number of aliphatic hydroxyl groups is 1. The second kappa shape index (κ2) is 4.02. The summed E-state index contributed by atoms with van der Waals surface area (Å²) in [4.78, 5) is 0. The summed E-state index contributed by atoms with van der Waals surface area (Å²) in [6.07, 6.45) is -4.83. The molecule has 0 amide bonds. The molecule has 72 valence electrons. The van der Waals surface area contributed by atoms with E-state index in [9.17, 15) is 13.9 Å². The maximum Gasteiger partial charge on any atom is 0.268 e. The first-order valence-electron chi connectivity index (χ1n) is 3.47. The summed E-state index contributed by atoms with van der Waals surface area (Å²) < 4.78 is 24.6. The van der Waals surface area contributed by atoms with Crippen LogP contribution in [0.15, 0.2) is 22.7 Å². The zero-order valence-electron chi connectivity index (χ0n) is 6.42. The highest BCUT2D eigenvalue weighted by Crippen LogP contribution is 2.30. The fraction of sp³-hybridized carbons (Fsp3) is 0.250. The second-order valence-electron chi connectivity index (χ2n) is 2.48. The van der Waals surface area contributed by atoms with Crippen molar-refractivity contribution < 1.29 is 19.0 Å². The molecule has 0 aliphatic heterocycles. The first-order valence-corrected chi connectivity index (χ1v) is 4.26. The number of alkyl halides is 2. The number of hydrogen-bond donors (Lipinski definition) is 2. The quantitative estimate of drug-likeness (QED) is 0.849. The van der Waals surface area contributed by atoms with Gasteiger partial charge in [-0.2, -0.15) is 0 Å². The highest BCUT2D eigenvalue weighted by atomic mass is 79.9. The van der Waals surface area contributed by atoms with Crippen LogP contribution in [-0.4, -0.2) is 16.6 Å². The predicted molar refractivity (Wildman–Crippen MR) is 46.8 cm³/mol. The number of phenols is 1. The number of aliphatic hydroxyl groups excluding tert-OH is 1. The minimum Gasteiger partial charge on any atom is -0.508 e. The third-order valence-electron chi connectivity index (χ3n) is 1.55.